The van der Waals surface area contributed by atoms with E-state index in [0.29, 0.717) is 24.5 Å². The van der Waals surface area contributed by atoms with Gasteiger partial charge in [-0.2, -0.15) is 10.1 Å². The minimum absolute atomic E-state index is 0.00375. The third-order valence-corrected chi connectivity index (χ3v) is 3.71. The molecular formula is C15H17FN4O3. The summed E-state index contributed by atoms with van der Waals surface area (Å²) in [4.78, 5) is 27.2. The molecule has 8 heteroatoms. The third kappa shape index (κ3) is 2.60. The first-order valence-corrected chi connectivity index (χ1v) is 7.37. The summed E-state index contributed by atoms with van der Waals surface area (Å²) in [5, 5.41) is 4.95. The van der Waals surface area contributed by atoms with Crippen LogP contribution in [-0.4, -0.2) is 49.8 Å². The first kappa shape index (κ1) is 15.3. The first-order chi connectivity index (χ1) is 11.0. The number of rotatable bonds is 3. The Morgan fingerprint density at radius 2 is 2.09 bits per heavy atom. The van der Waals surface area contributed by atoms with Gasteiger partial charge in [-0.1, -0.05) is 6.92 Å². The normalized spacial score (nSPS) is 17.4. The second kappa shape index (κ2) is 5.86. The molecule has 1 aromatic carbocycles. The Morgan fingerprint density at radius 3 is 2.83 bits per heavy atom. The lowest BCUT2D eigenvalue weighted by molar-refractivity contribution is -0.121. The fraction of sp³-hybridized carbons (Fsp3) is 0.400. The zero-order valence-electron chi connectivity index (χ0n) is 13.0. The van der Waals surface area contributed by atoms with Gasteiger partial charge in [0.2, 0.25) is 0 Å². The Balaban J connectivity index is 2.06. The Hall–Kier alpha value is -2.64. The lowest BCUT2D eigenvalue weighted by atomic mass is 10.2. The monoisotopic (exact) mass is 320 g/mol. The zero-order chi connectivity index (χ0) is 16.6. The molecule has 3 rings (SSSR count). The highest BCUT2D eigenvalue weighted by Crippen LogP contribution is 2.38. The van der Waals surface area contributed by atoms with Crippen LogP contribution in [0.25, 0.3) is 0 Å². The number of nitrogens with zero attached hydrogens (tertiary/aromatic N) is 4. The molecule has 0 aliphatic carbocycles. The van der Waals surface area contributed by atoms with Crippen LogP contribution < -0.4 is 14.6 Å². The van der Waals surface area contributed by atoms with Crippen molar-refractivity contribution in [3.63, 3.8) is 0 Å². The summed E-state index contributed by atoms with van der Waals surface area (Å²) in [5.74, 6) is -0.529. The Kier molecular flexibility index (Phi) is 3.89. The molecule has 1 aromatic rings. The van der Waals surface area contributed by atoms with Crippen molar-refractivity contribution in [2.24, 2.45) is 5.10 Å². The number of anilines is 2. The van der Waals surface area contributed by atoms with Gasteiger partial charge in [0.15, 0.2) is 12.4 Å². The van der Waals surface area contributed by atoms with E-state index < -0.39 is 11.8 Å². The van der Waals surface area contributed by atoms with Gasteiger partial charge >= 0.3 is 6.03 Å². The molecule has 0 aromatic heterocycles. The molecule has 0 N–H and O–H groups in total. The Bertz CT molecular complexity index is 692. The van der Waals surface area contributed by atoms with Crippen LogP contribution in [0.4, 0.5) is 20.6 Å². The molecular weight excluding hydrogens is 303 g/mol. The molecule has 0 atom stereocenters. The van der Waals surface area contributed by atoms with Crippen LogP contribution in [0.2, 0.25) is 0 Å². The van der Waals surface area contributed by atoms with E-state index in [1.54, 1.807) is 11.9 Å². The van der Waals surface area contributed by atoms with Crippen LogP contribution >= 0.6 is 0 Å². The molecule has 0 saturated carbocycles. The molecule has 2 heterocycles. The van der Waals surface area contributed by atoms with E-state index in [4.69, 9.17) is 4.74 Å². The predicted octanol–water partition coefficient (Wildman–Crippen LogP) is 1.82. The number of hydrogen-bond donors (Lipinski definition) is 0. The van der Waals surface area contributed by atoms with Crippen LogP contribution in [-0.2, 0) is 4.79 Å². The van der Waals surface area contributed by atoms with Crippen LogP contribution in [0.1, 0.15) is 13.3 Å². The van der Waals surface area contributed by atoms with Gasteiger partial charge in [-0.3, -0.25) is 4.79 Å². The van der Waals surface area contributed by atoms with Gasteiger partial charge in [-0.15, -0.1) is 0 Å². The molecule has 0 unspecified atom stereocenters. The standard InChI is InChI=1S/C15H17FN4O3/c1-3-5-19-12-8-11(20-15(22)18(2)6-4-17-20)10(16)7-13(12)23-9-14(19)21/h4,7-8H,3,5-6,9H2,1-2H3. The molecule has 122 valence electrons. The maximum Gasteiger partial charge on any atom is 0.345 e. The van der Waals surface area contributed by atoms with Crippen LogP contribution in [0.3, 0.4) is 0 Å². The van der Waals surface area contributed by atoms with Gasteiger partial charge in [0.05, 0.1) is 12.2 Å². The Morgan fingerprint density at radius 1 is 1.30 bits per heavy atom. The summed E-state index contributed by atoms with van der Waals surface area (Å²) in [6, 6.07) is 2.19. The van der Waals surface area contributed by atoms with Crippen LogP contribution in [0, 0.1) is 5.82 Å². The van der Waals surface area contributed by atoms with E-state index in [2.05, 4.69) is 5.10 Å². The van der Waals surface area contributed by atoms with Crippen LogP contribution in [0.5, 0.6) is 5.75 Å². The van der Waals surface area contributed by atoms with Crippen molar-refractivity contribution in [2.75, 3.05) is 36.7 Å². The summed E-state index contributed by atoms with van der Waals surface area (Å²) in [6.07, 6.45) is 2.27. The van der Waals surface area contributed by atoms with Gasteiger partial charge in [0.1, 0.15) is 11.4 Å². The van der Waals surface area contributed by atoms with Gasteiger partial charge in [0, 0.05) is 25.9 Å². The van der Waals surface area contributed by atoms with Crippen molar-refractivity contribution in [3.8, 4) is 5.75 Å². The summed E-state index contributed by atoms with van der Waals surface area (Å²) >= 11 is 0. The molecule has 0 fully saturated rings. The number of ether oxygens (including phenoxy) is 1. The number of fused-ring (bicyclic) bond motifs is 1. The van der Waals surface area contributed by atoms with E-state index in [1.165, 1.54) is 23.2 Å². The van der Waals surface area contributed by atoms with Gasteiger partial charge < -0.3 is 14.5 Å². The summed E-state index contributed by atoms with van der Waals surface area (Å²) in [6.45, 7) is 2.69. The van der Waals surface area contributed by atoms with E-state index in [9.17, 15) is 14.0 Å². The summed E-state index contributed by atoms with van der Waals surface area (Å²) < 4.78 is 19.7. The van der Waals surface area contributed by atoms with E-state index in [1.807, 2.05) is 6.92 Å². The average molecular weight is 320 g/mol. The molecule has 2 aliphatic rings. The van der Waals surface area contributed by atoms with E-state index >= 15 is 0 Å². The second-order valence-electron chi connectivity index (χ2n) is 5.38. The largest absolute Gasteiger partial charge is 0.481 e. The minimum atomic E-state index is -0.629. The number of urea groups is 1. The molecule has 2 aliphatic heterocycles. The van der Waals surface area contributed by atoms with Crippen molar-refractivity contribution in [1.82, 2.24) is 4.90 Å². The molecule has 0 radical (unpaired) electrons. The number of amides is 3. The molecule has 0 saturated heterocycles. The van der Waals surface area contributed by atoms with Gasteiger partial charge in [-0.25, -0.2) is 9.18 Å². The quantitative estimate of drug-likeness (QED) is 0.853. The van der Waals surface area contributed by atoms with E-state index in [0.717, 1.165) is 11.4 Å². The second-order valence-corrected chi connectivity index (χ2v) is 5.38. The lowest BCUT2D eigenvalue weighted by Gasteiger charge is -2.32. The molecule has 23 heavy (non-hydrogen) atoms. The van der Waals surface area contributed by atoms with Crippen molar-refractivity contribution in [3.05, 3.63) is 17.9 Å². The number of hydrogen-bond acceptors (Lipinski definition) is 4. The van der Waals surface area contributed by atoms with Crippen molar-refractivity contribution in [1.29, 1.82) is 0 Å². The third-order valence-electron chi connectivity index (χ3n) is 3.71. The average Bonchev–Trinajstić information content (AvgIpc) is 2.53. The topological polar surface area (TPSA) is 65.5 Å². The highest BCUT2D eigenvalue weighted by Gasteiger charge is 2.30. The first-order valence-electron chi connectivity index (χ1n) is 7.37. The van der Waals surface area contributed by atoms with Crippen molar-refractivity contribution < 1.29 is 18.7 Å². The number of hydrazone groups is 1. The molecule has 0 spiro atoms. The number of benzene rings is 1. The molecule has 0 bridgehead atoms. The highest BCUT2D eigenvalue weighted by molar-refractivity contribution is 6.00. The fourth-order valence-electron chi connectivity index (χ4n) is 2.54. The maximum atomic E-state index is 14.4. The van der Waals surface area contributed by atoms with Crippen molar-refractivity contribution in [2.45, 2.75) is 13.3 Å². The molecule has 3 amide bonds. The van der Waals surface area contributed by atoms with Gasteiger partial charge in [-0.05, 0) is 12.5 Å². The van der Waals surface area contributed by atoms with Gasteiger partial charge in [0.25, 0.3) is 5.91 Å². The number of carbonyl (C=O) groups excluding carboxylic acids is 2. The fourth-order valence-corrected chi connectivity index (χ4v) is 2.54. The highest BCUT2D eigenvalue weighted by atomic mass is 19.1. The number of halogens is 1. The number of carbonyl (C=O) groups is 2. The minimum Gasteiger partial charge on any atom is -0.481 e. The predicted molar refractivity (Wildman–Crippen MR) is 83.5 cm³/mol. The molecule has 7 nitrogen and oxygen atoms in total. The maximum absolute atomic E-state index is 14.4. The van der Waals surface area contributed by atoms with E-state index in [-0.39, 0.29) is 18.2 Å². The smallest absolute Gasteiger partial charge is 0.345 e. The van der Waals surface area contributed by atoms with Crippen LogP contribution in [0.15, 0.2) is 17.2 Å². The lowest BCUT2D eigenvalue weighted by Crippen LogP contribution is -2.44. The zero-order valence-corrected chi connectivity index (χ0v) is 13.0. The van der Waals surface area contributed by atoms with Crippen molar-refractivity contribution >= 4 is 29.5 Å². The Labute approximate surface area is 132 Å². The summed E-state index contributed by atoms with van der Waals surface area (Å²) in [5.41, 5.74) is 0.451. The SMILES string of the molecule is CCCN1C(=O)COc2cc(F)c(N3N=CCN(C)C3=O)cc21. The summed E-state index contributed by atoms with van der Waals surface area (Å²) in [7, 11) is 1.60.